The maximum atomic E-state index is 12.1. The molecule has 0 radical (unpaired) electrons. The number of nitrogens with two attached hydrogens (primary N) is 1. The molecule has 0 bridgehead atoms. The first kappa shape index (κ1) is 17.3. The van der Waals surface area contributed by atoms with E-state index in [9.17, 15) is 4.79 Å². The second-order valence-corrected chi connectivity index (χ2v) is 6.87. The zero-order valence-corrected chi connectivity index (χ0v) is 15.4. The second-order valence-electron chi connectivity index (χ2n) is 5.83. The van der Waals surface area contributed by atoms with Crippen LogP contribution in [0.4, 0.5) is 5.82 Å². The van der Waals surface area contributed by atoms with Crippen LogP contribution in [0.25, 0.3) is 21.9 Å². The zero-order chi connectivity index (χ0) is 18.8. The Balaban J connectivity index is 1.76. The number of rotatable bonds is 5. The van der Waals surface area contributed by atoms with Crippen LogP contribution in [0.3, 0.4) is 0 Å². The Kier molecular flexibility index (Phi) is 4.64. The number of carbonyl (C=O) groups is 1. The molecule has 0 amide bonds. The van der Waals surface area contributed by atoms with Crippen LogP contribution in [0.1, 0.15) is 6.92 Å². The maximum absolute atomic E-state index is 12.1. The highest BCUT2D eigenvalue weighted by molar-refractivity contribution is 7.99. The summed E-state index contributed by atoms with van der Waals surface area (Å²) in [6.45, 7) is 2.10. The first-order valence-corrected chi connectivity index (χ1v) is 9.26. The van der Waals surface area contributed by atoms with E-state index in [2.05, 4.69) is 39.2 Å². The molecule has 2 heterocycles. The van der Waals surface area contributed by atoms with Gasteiger partial charge < -0.3 is 10.5 Å². The second kappa shape index (κ2) is 7.24. The van der Waals surface area contributed by atoms with Crippen LogP contribution < -0.4 is 5.73 Å². The zero-order valence-electron chi connectivity index (χ0n) is 14.6. The van der Waals surface area contributed by atoms with Crippen molar-refractivity contribution in [2.75, 3.05) is 12.3 Å². The maximum Gasteiger partial charge on any atom is 0.326 e. The van der Waals surface area contributed by atoms with Crippen LogP contribution in [-0.4, -0.2) is 32.1 Å². The molecule has 2 N–H and O–H groups in total. The molecule has 0 saturated carbocycles. The minimum Gasteiger partial charge on any atom is -0.465 e. The van der Waals surface area contributed by atoms with Gasteiger partial charge >= 0.3 is 5.97 Å². The highest BCUT2D eigenvalue weighted by Gasteiger charge is 2.18. The average molecular weight is 379 g/mol. The van der Waals surface area contributed by atoms with Crippen LogP contribution in [0.5, 0.6) is 0 Å². The lowest BCUT2D eigenvalue weighted by Crippen LogP contribution is -2.14. The molecule has 4 aromatic rings. The minimum absolute atomic E-state index is 0.0106. The molecule has 0 aliphatic heterocycles. The molecule has 0 aliphatic carbocycles. The van der Waals surface area contributed by atoms with E-state index in [4.69, 9.17) is 10.5 Å². The van der Waals surface area contributed by atoms with Gasteiger partial charge in [0.25, 0.3) is 0 Å². The van der Waals surface area contributed by atoms with Gasteiger partial charge in [0.15, 0.2) is 22.1 Å². The third-order valence-electron chi connectivity index (χ3n) is 4.05. The van der Waals surface area contributed by atoms with Gasteiger partial charge in [-0.25, -0.2) is 15.0 Å². The van der Waals surface area contributed by atoms with Gasteiger partial charge in [0.1, 0.15) is 12.9 Å². The van der Waals surface area contributed by atoms with Crippen molar-refractivity contribution in [3.63, 3.8) is 0 Å². The van der Waals surface area contributed by atoms with Gasteiger partial charge in [-0.3, -0.25) is 9.36 Å². The molecule has 2 aromatic carbocycles. The first-order chi connectivity index (χ1) is 13.2. The summed E-state index contributed by atoms with van der Waals surface area (Å²) >= 11 is 1.44. The molecule has 136 valence electrons. The number of benzene rings is 2. The van der Waals surface area contributed by atoms with Crippen molar-refractivity contribution in [2.45, 2.75) is 23.5 Å². The summed E-state index contributed by atoms with van der Waals surface area (Å²) in [6.07, 6.45) is 1.37. The molecular formula is C19H17N5O2S. The molecular weight excluding hydrogens is 362 g/mol. The molecule has 0 fully saturated rings. The number of fused-ring (bicyclic) bond motifs is 2. The van der Waals surface area contributed by atoms with Crippen LogP contribution in [0.2, 0.25) is 0 Å². The first-order valence-electron chi connectivity index (χ1n) is 8.44. The molecule has 0 saturated heterocycles. The van der Waals surface area contributed by atoms with Gasteiger partial charge in [-0.05, 0) is 29.8 Å². The van der Waals surface area contributed by atoms with E-state index in [-0.39, 0.29) is 18.3 Å². The van der Waals surface area contributed by atoms with E-state index in [1.54, 1.807) is 11.5 Å². The molecule has 27 heavy (non-hydrogen) atoms. The Hall–Kier alpha value is -3.13. The lowest BCUT2D eigenvalue weighted by Gasteiger charge is -2.08. The van der Waals surface area contributed by atoms with Crippen molar-refractivity contribution < 1.29 is 9.53 Å². The SMILES string of the molecule is CCOC(=O)Cn1c(Sc2ccc3ccccc3c2)nc2c(N)ncnc21. The monoisotopic (exact) mass is 379 g/mol. The molecule has 4 rings (SSSR count). The van der Waals surface area contributed by atoms with E-state index in [0.717, 1.165) is 15.7 Å². The Morgan fingerprint density at radius 3 is 2.81 bits per heavy atom. The fraction of sp³-hybridized carbons (Fsp3) is 0.158. The quantitative estimate of drug-likeness (QED) is 0.532. The normalized spacial score (nSPS) is 11.1. The summed E-state index contributed by atoms with van der Waals surface area (Å²) in [5.41, 5.74) is 6.93. The molecule has 8 heteroatoms. The highest BCUT2D eigenvalue weighted by atomic mass is 32.2. The van der Waals surface area contributed by atoms with E-state index in [0.29, 0.717) is 22.9 Å². The molecule has 0 unspecified atom stereocenters. The Bertz CT molecular complexity index is 1140. The standard InChI is InChI=1S/C19H17N5O2S/c1-2-26-15(25)10-24-18-16(17(20)21-11-22-18)23-19(24)27-14-8-7-12-5-3-4-6-13(12)9-14/h3-9,11H,2,10H2,1H3,(H2,20,21,22). The fourth-order valence-corrected chi connectivity index (χ4v) is 3.76. The summed E-state index contributed by atoms with van der Waals surface area (Å²) in [4.78, 5) is 25.9. The minimum atomic E-state index is -0.352. The van der Waals surface area contributed by atoms with Crippen molar-refractivity contribution in [1.82, 2.24) is 19.5 Å². The van der Waals surface area contributed by atoms with Crippen LogP contribution in [0.15, 0.2) is 58.8 Å². The van der Waals surface area contributed by atoms with Crippen molar-refractivity contribution in [2.24, 2.45) is 0 Å². The van der Waals surface area contributed by atoms with Crippen molar-refractivity contribution in [3.05, 3.63) is 48.8 Å². The highest BCUT2D eigenvalue weighted by Crippen LogP contribution is 2.32. The van der Waals surface area contributed by atoms with Crippen LogP contribution >= 0.6 is 11.8 Å². The average Bonchev–Trinajstić information content (AvgIpc) is 3.00. The predicted molar refractivity (Wildman–Crippen MR) is 104 cm³/mol. The number of esters is 1. The van der Waals surface area contributed by atoms with Gasteiger partial charge in [-0.15, -0.1) is 0 Å². The van der Waals surface area contributed by atoms with Crippen molar-refractivity contribution in [1.29, 1.82) is 0 Å². The Labute approximate surface area is 159 Å². The van der Waals surface area contributed by atoms with Crippen molar-refractivity contribution >= 4 is 45.5 Å². The molecule has 2 aromatic heterocycles. The predicted octanol–water partition coefficient (Wildman–Crippen LogP) is 3.28. The summed E-state index contributed by atoms with van der Waals surface area (Å²) in [5, 5.41) is 2.91. The molecule has 0 atom stereocenters. The van der Waals surface area contributed by atoms with E-state index in [1.165, 1.54) is 18.1 Å². The topological polar surface area (TPSA) is 95.9 Å². The summed E-state index contributed by atoms with van der Waals surface area (Å²) in [5.74, 6) is -0.0719. The largest absolute Gasteiger partial charge is 0.465 e. The molecule has 0 spiro atoms. The number of nitrogen functional groups attached to an aromatic ring is 1. The molecule has 0 aliphatic rings. The number of hydrogen-bond acceptors (Lipinski definition) is 7. The Morgan fingerprint density at radius 2 is 2.00 bits per heavy atom. The smallest absolute Gasteiger partial charge is 0.326 e. The lowest BCUT2D eigenvalue weighted by atomic mass is 10.1. The summed E-state index contributed by atoms with van der Waals surface area (Å²) < 4.78 is 6.80. The van der Waals surface area contributed by atoms with Gasteiger partial charge in [0.2, 0.25) is 0 Å². The van der Waals surface area contributed by atoms with Gasteiger partial charge in [-0.2, -0.15) is 0 Å². The van der Waals surface area contributed by atoms with Gasteiger partial charge in [-0.1, -0.05) is 42.1 Å². The number of carbonyl (C=O) groups excluding carboxylic acids is 1. The van der Waals surface area contributed by atoms with E-state index < -0.39 is 0 Å². The van der Waals surface area contributed by atoms with Crippen LogP contribution in [-0.2, 0) is 16.1 Å². The molecule has 7 nitrogen and oxygen atoms in total. The number of ether oxygens (including phenoxy) is 1. The summed E-state index contributed by atoms with van der Waals surface area (Å²) in [6, 6.07) is 14.3. The number of imidazole rings is 1. The number of aromatic nitrogens is 4. The number of nitrogens with zero attached hydrogens (tertiary/aromatic N) is 4. The lowest BCUT2D eigenvalue weighted by molar-refractivity contribution is -0.143. The van der Waals surface area contributed by atoms with E-state index >= 15 is 0 Å². The third-order valence-corrected chi connectivity index (χ3v) is 5.03. The van der Waals surface area contributed by atoms with Crippen LogP contribution in [0, 0.1) is 0 Å². The van der Waals surface area contributed by atoms with E-state index in [1.807, 2.05) is 18.2 Å². The van der Waals surface area contributed by atoms with Gasteiger partial charge in [0, 0.05) is 4.90 Å². The number of hydrogen-bond donors (Lipinski definition) is 1. The summed E-state index contributed by atoms with van der Waals surface area (Å²) in [7, 11) is 0. The fourth-order valence-electron chi connectivity index (χ4n) is 2.83. The van der Waals surface area contributed by atoms with Gasteiger partial charge in [0.05, 0.1) is 6.61 Å². The number of anilines is 1. The third kappa shape index (κ3) is 3.43. The Morgan fingerprint density at radius 1 is 1.19 bits per heavy atom. The van der Waals surface area contributed by atoms with Crippen molar-refractivity contribution in [3.8, 4) is 0 Å².